The molecule has 1 aromatic heterocycles. The summed E-state index contributed by atoms with van der Waals surface area (Å²) in [6.07, 6.45) is 0.108. The van der Waals surface area contributed by atoms with Crippen LogP contribution in [0, 0.1) is 21.4 Å². The normalized spacial score (nSPS) is 20.8. The number of nitro groups is 1. The lowest BCUT2D eigenvalue weighted by Gasteiger charge is -2.39. The van der Waals surface area contributed by atoms with Crippen molar-refractivity contribution in [2.75, 3.05) is 31.6 Å². The van der Waals surface area contributed by atoms with Crippen LogP contribution >= 0.6 is 23.2 Å². The molecular formula is C24H24Cl2N6O6. The Kier molecular flexibility index (Phi) is 7.89. The van der Waals surface area contributed by atoms with Gasteiger partial charge in [0.25, 0.3) is 0 Å². The molecule has 2 heterocycles. The molecule has 1 saturated heterocycles. The highest BCUT2D eigenvalue weighted by Crippen LogP contribution is 2.45. The number of halogens is 2. The standard InChI is InChI=1S/C24H24Cl2N6O6/c1-38-21(33)24(8-3-4-15-16(24)5-2-6-17(15)25)12-18-19(32(36)37)20(29-22(26)28-18)30-10-11-31(23(34)35)14(13-30)7-9-27/h2,5-6,14H,3-4,7-8,10-13H2,1H3,(H,34,35)/t14-,24?/m0/s1. The highest BCUT2D eigenvalue weighted by Gasteiger charge is 2.47. The van der Waals surface area contributed by atoms with Crippen LogP contribution < -0.4 is 4.90 Å². The summed E-state index contributed by atoms with van der Waals surface area (Å²) in [6, 6.07) is 6.45. The third-order valence-corrected chi connectivity index (χ3v) is 7.68. The van der Waals surface area contributed by atoms with Crippen molar-refractivity contribution in [3.8, 4) is 6.07 Å². The van der Waals surface area contributed by atoms with Crippen LogP contribution in [-0.4, -0.2) is 69.7 Å². The minimum absolute atomic E-state index is 0.00588. The maximum atomic E-state index is 13.3. The predicted octanol–water partition coefficient (Wildman–Crippen LogP) is 3.76. The van der Waals surface area contributed by atoms with Gasteiger partial charge in [0, 0.05) is 31.1 Å². The molecular weight excluding hydrogens is 539 g/mol. The molecule has 1 fully saturated rings. The predicted molar refractivity (Wildman–Crippen MR) is 136 cm³/mol. The molecule has 1 unspecified atom stereocenters. The molecule has 0 bridgehead atoms. The van der Waals surface area contributed by atoms with E-state index in [1.165, 1.54) is 12.0 Å². The molecule has 2 aliphatic rings. The van der Waals surface area contributed by atoms with Crippen molar-refractivity contribution >= 4 is 46.8 Å². The Hall–Kier alpha value is -3.69. The van der Waals surface area contributed by atoms with E-state index in [1.54, 1.807) is 18.2 Å². The summed E-state index contributed by atoms with van der Waals surface area (Å²) >= 11 is 12.7. The monoisotopic (exact) mass is 562 g/mol. The Morgan fingerprint density at radius 1 is 1.34 bits per heavy atom. The van der Waals surface area contributed by atoms with Crippen LogP contribution in [0.15, 0.2) is 18.2 Å². The second-order valence-corrected chi connectivity index (χ2v) is 9.92. The number of nitriles is 1. The molecule has 1 aromatic carbocycles. The van der Waals surface area contributed by atoms with Gasteiger partial charge in [-0.3, -0.25) is 14.9 Å². The molecule has 1 amide bonds. The summed E-state index contributed by atoms with van der Waals surface area (Å²) in [7, 11) is 1.26. The van der Waals surface area contributed by atoms with E-state index in [0.29, 0.717) is 29.8 Å². The van der Waals surface area contributed by atoms with Crippen molar-refractivity contribution in [3.05, 3.63) is 55.4 Å². The molecule has 4 rings (SSSR count). The Morgan fingerprint density at radius 2 is 2.11 bits per heavy atom. The third-order valence-electron chi connectivity index (χ3n) is 7.16. The van der Waals surface area contributed by atoms with E-state index in [-0.39, 0.29) is 49.3 Å². The quantitative estimate of drug-likeness (QED) is 0.237. The molecule has 200 valence electrons. The third kappa shape index (κ3) is 4.91. The number of anilines is 1. The van der Waals surface area contributed by atoms with Crippen LogP contribution in [0.2, 0.25) is 10.3 Å². The first-order chi connectivity index (χ1) is 18.1. The van der Waals surface area contributed by atoms with Gasteiger partial charge in [-0.25, -0.2) is 9.78 Å². The topological polar surface area (TPSA) is 163 Å². The van der Waals surface area contributed by atoms with Crippen molar-refractivity contribution in [2.45, 2.75) is 43.6 Å². The van der Waals surface area contributed by atoms with Gasteiger partial charge in [0.1, 0.15) is 5.69 Å². The van der Waals surface area contributed by atoms with Crippen molar-refractivity contribution < 1.29 is 24.4 Å². The van der Waals surface area contributed by atoms with Gasteiger partial charge in [-0.15, -0.1) is 0 Å². The van der Waals surface area contributed by atoms with Crippen molar-refractivity contribution in [1.29, 1.82) is 5.26 Å². The van der Waals surface area contributed by atoms with Gasteiger partial charge in [0.15, 0.2) is 0 Å². The van der Waals surface area contributed by atoms with Gasteiger partial charge >= 0.3 is 17.7 Å². The molecule has 1 aliphatic carbocycles. The van der Waals surface area contributed by atoms with E-state index in [4.69, 9.17) is 27.9 Å². The number of benzene rings is 1. The highest BCUT2D eigenvalue weighted by molar-refractivity contribution is 6.31. The number of carboxylic acid groups (broad SMARTS) is 1. The lowest BCUT2D eigenvalue weighted by atomic mass is 9.67. The summed E-state index contributed by atoms with van der Waals surface area (Å²) in [6.45, 7) is 0.0876. The van der Waals surface area contributed by atoms with Gasteiger partial charge in [0.2, 0.25) is 11.1 Å². The van der Waals surface area contributed by atoms with E-state index in [0.717, 1.165) is 10.5 Å². The van der Waals surface area contributed by atoms with E-state index in [2.05, 4.69) is 9.97 Å². The van der Waals surface area contributed by atoms with Crippen LogP contribution in [0.3, 0.4) is 0 Å². The highest BCUT2D eigenvalue weighted by atomic mass is 35.5. The minimum atomic E-state index is -1.29. The lowest BCUT2D eigenvalue weighted by molar-refractivity contribution is -0.385. The molecule has 38 heavy (non-hydrogen) atoms. The lowest BCUT2D eigenvalue weighted by Crippen LogP contribution is -2.55. The molecule has 1 N–H and O–H groups in total. The number of fused-ring (bicyclic) bond motifs is 1. The molecule has 0 saturated carbocycles. The van der Waals surface area contributed by atoms with Crippen LogP contribution in [-0.2, 0) is 27.8 Å². The van der Waals surface area contributed by atoms with E-state index in [1.807, 2.05) is 6.07 Å². The minimum Gasteiger partial charge on any atom is -0.468 e. The number of esters is 1. The molecule has 2 atom stereocenters. The number of carbonyl (C=O) groups is 2. The molecule has 0 spiro atoms. The van der Waals surface area contributed by atoms with Crippen molar-refractivity contribution in [2.24, 2.45) is 0 Å². The van der Waals surface area contributed by atoms with Crippen LogP contribution in [0.1, 0.15) is 36.1 Å². The Morgan fingerprint density at radius 3 is 2.76 bits per heavy atom. The summed E-state index contributed by atoms with van der Waals surface area (Å²) in [4.78, 5) is 47.7. The number of methoxy groups -OCH3 is 1. The van der Waals surface area contributed by atoms with Gasteiger partial charge in [-0.05, 0) is 48.1 Å². The van der Waals surface area contributed by atoms with Crippen LogP contribution in [0.4, 0.5) is 16.3 Å². The second kappa shape index (κ2) is 11.0. The number of piperazine rings is 1. The number of rotatable bonds is 6. The first-order valence-electron chi connectivity index (χ1n) is 11.8. The molecule has 0 radical (unpaired) electrons. The fourth-order valence-electron chi connectivity index (χ4n) is 5.48. The first kappa shape index (κ1) is 27.3. The zero-order valence-electron chi connectivity index (χ0n) is 20.4. The average Bonchev–Trinajstić information content (AvgIpc) is 2.88. The van der Waals surface area contributed by atoms with Crippen molar-refractivity contribution in [3.63, 3.8) is 0 Å². The summed E-state index contributed by atoms with van der Waals surface area (Å²) in [5, 5.41) is 31.3. The molecule has 12 nitrogen and oxygen atoms in total. The largest absolute Gasteiger partial charge is 0.468 e. The maximum Gasteiger partial charge on any atom is 0.407 e. The fourth-order valence-corrected chi connectivity index (χ4v) is 5.93. The number of nitrogens with zero attached hydrogens (tertiary/aromatic N) is 6. The second-order valence-electron chi connectivity index (χ2n) is 9.18. The maximum absolute atomic E-state index is 13.3. The number of aromatic nitrogens is 2. The summed E-state index contributed by atoms with van der Waals surface area (Å²) in [5.41, 5.74) is -0.388. The number of carbonyl (C=O) groups excluding carboxylic acids is 1. The number of hydrogen-bond acceptors (Lipinski definition) is 9. The SMILES string of the molecule is COC(=O)C1(Cc2nc(Cl)nc(N3CCN(C(=O)O)[C@@H](CC#N)C3)c2[N+](=O)[O-])CCCc2c(Cl)cccc21. The van der Waals surface area contributed by atoms with Crippen molar-refractivity contribution in [1.82, 2.24) is 14.9 Å². The van der Waals surface area contributed by atoms with Crippen LogP contribution in [0.5, 0.6) is 0 Å². The average molecular weight is 563 g/mol. The van der Waals surface area contributed by atoms with Gasteiger partial charge in [-0.1, -0.05) is 23.7 Å². The van der Waals surface area contributed by atoms with E-state index >= 15 is 0 Å². The van der Waals surface area contributed by atoms with E-state index < -0.39 is 34.1 Å². The zero-order valence-corrected chi connectivity index (χ0v) is 21.9. The number of hydrogen-bond donors (Lipinski definition) is 1. The fraction of sp³-hybridized carbons (Fsp3) is 0.458. The molecule has 14 heteroatoms. The van der Waals surface area contributed by atoms with Gasteiger partial charge < -0.3 is 19.6 Å². The number of ether oxygens (including phenoxy) is 1. The smallest absolute Gasteiger partial charge is 0.407 e. The molecule has 2 aromatic rings. The Labute approximate surface area is 227 Å². The zero-order chi connectivity index (χ0) is 27.6. The van der Waals surface area contributed by atoms with E-state index in [9.17, 15) is 30.1 Å². The Bertz CT molecular complexity index is 1330. The summed E-state index contributed by atoms with van der Waals surface area (Å²) < 4.78 is 5.18. The summed E-state index contributed by atoms with van der Waals surface area (Å²) in [5.74, 6) is -0.671. The Balaban J connectivity index is 1.83. The van der Waals surface area contributed by atoms with Gasteiger partial charge in [-0.2, -0.15) is 10.2 Å². The molecule has 1 aliphatic heterocycles. The van der Waals surface area contributed by atoms with Crippen LogP contribution in [0.25, 0.3) is 0 Å². The van der Waals surface area contributed by atoms with Gasteiger partial charge in [0.05, 0.1) is 36.0 Å². The first-order valence-corrected chi connectivity index (χ1v) is 12.6. The number of amides is 1.